The topological polar surface area (TPSA) is 99.7 Å². The molecule has 0 saturated carbocycles. The highest BCUT2D eigenvalue weighted by Gasteiger charge is 2.22. The molecular formula is C17H24N4O3. The Morgan fingerprint density at radius 2 is 1.71 bits per heavy atom. The molecule has 0 bridgehead atoms. The van der Waals surface area contributed by atoms with Crippen LogP contribution in [0.15, 0.2) is 24.3 Å². The Balaban J connectivity index is 1.82. The average Bonchev–Trinajstić information content (AvgIpc) is 2.60. The van der Waals surface area contributed by atoms with Crippen molar-refractivity contribution in [2.75, 3.05) is 39.3 Å². The Hall–Kier alpha value is -2.41. The molecule has 24 heavy (non-hydrogen) atoms. The van der Waals surface area contributed by atoms with Crippen molar-refractivity contribution in [3.05, 3.63) is 35.4 Å². The molecular weight excluding hydrogens is 308 g/mol. The van der Waals surface area contributed by atoms with Crippen molar-refractivity contribution in [3.63, 3.8) is 0 Å². The second-order valence-electron chi connectivity index (χ2n) is 5.68. The molecule has 0 radical (unpaired) electrons. The first-order valence-corrected chi connectivity index (χ1v) is 8.13. The lowest BCUT2D eigenvalue weighted by atomic mass is 10.1. The first-order chi connectivity index (χ1) is 11.5. The summed E-state index contributed by atoms with van der Waals surface area (Å²) in [6, 6.07) is 6.77. The van der Waals surface area contributed by atoms with E-state index in [9.17, 15) is 9.59 Å². The monoisotopic (exact) mass is 332 g/mol. The number of nitrogens with two attached hydrogens (primary N) is 1. The van der Waals surface area contributed by atoms with Gasteiger partial charge in [0.05, 0.1) is 13.0 Å². The van der Waals surface area contributed by atoms with Gasteiger partial charge in [-0.15, -0.1) is 0 Å². The van der Waals surface area contributed by atoms with Gasteiger partial charge in [0.2, 0.25) is 0 Å². The van der Waals surface area contributed by atoms with Crippen LogP contribution in [0.3, 0.4) is 0 Å². The number of rotatable bonds is 6. The molecule has 2 rings (SSSR count). The van der Waals surface area contributed by atoms with E-state index in [2.05, 4.69) is 4.90 Å². The quantitative estimate of drug-likeness (QED) is 0.453. The number of piperazine rings is 1. The predicted octanol–water partition coefficient (Wildman–Crippen LogP) is 0.682. The summed E-state index contributed by atoms with van der Waals surface area (Å²) in [6.45, 7) is 5.63. The number of carbonyl (C=O) groups excluding carboxylic acids is 2. The third-order valence-corrected chi connectivity index (χ3v) is 4.04. The summed E-state index contributed by atoms with van der Waals surface area (Å²) in [6.07, 6.45) is 0.383. The first-order valence-electron chi connectivity index (χ1n) is 8.13. The van der Waals surface area contributed by atoms with Gasteiger partial charge in [-0.3, -0.25) is 19.9 Å². The summed E-state index contributed by atoms with van der Waals surface area (Å²) in [4.78, 5) is 27.8. The molecule has 130 valence electrons. The van der Waals surface area contributed by atoms with Gasteiger partial charge in [0, 0.05) is 43.9 Å². The Morgan fingerprint density at radius 3 is 2.25 bits per heavy atom. The average molecular weight is 332 g/mol. The summed E-state index contributed by atoms with van der Waals surface area (Å²) < 4.78 is 4.92. The summed E-state index contributed by atoms with van der Waals surface area (Å²) in [5.74, 6) is -0.207. The van der Waals surface area contributed by atoms with E-state index in [1.54, 1.807) is 31.2 Å². The normalized spacial score (nSPS) is 15.1. The van der Waals surface area contributed by atoms with Gasteiger partial charge < -0.3 is 15.4 Å². The van der Waals surface area contributed by atoms with Crippen molar-refractivity contribution in [2.24, 2.45) is 5.73 Å². The van der Waals surface area contributed by atoms with Gasteiger partial charge in [0.1, 0.15) is 5.84 Å². The molecule has 0 atom stereocenters. The van der Waals surface area contributed by atoms with E-state index in [1.807, 2.05) is 4.90 Å². The molecule has 1 heterocycles. The number of nitrogens with zero attached hydrogens (tertiary/aromatic N) is 2. The largest absolute Gasteiger partial charge is 0.466 e. The van der Waals surface area contributed by atoms with E-state index in [0.717, 1.165) is 13.1 Å². The van der Waals surface area contributed by atoms with Crippen LogP contribution in [0, 0.1) is 5.41 Å². The van der Waals surface area contributed by atoms with Crippen LogP contribution in [-0.4, -0.2) is 66.8 Å². The van der Waals surface area contributed by atoms with Crippen LogP contribution in [0.4, 0.5) is 0 Å². The number of carbonyl (C=O) groups is 2. The van der Waals surface area contributed by atoms with Crippen LogP contribution in [-0.2, 0) is 9.53 Å². The lowest BCUT2D eigenvalue weighted by molar-refractivity contribution is -0.143. The Morgan fingerprint density at radius 1 is 1.12 bits per heavy atom. The molecule has 1 amide bonds. The number of nitrogens with one attached hydrogen (secondary N) is 1. The van der Waals surface area contributed by atoms with Crippen LogP contribution in [0.2, 0.25) is 0 Å². The van der Waals surface area contributed by atoms with Gasteiger partial charge in [-0.05, 0) is 19.1 Å². The Labute approximate surface area is 141 Å². The summed E-state index contributed by atoms with van der Waals surface area (Å²) >= 11 is 0. The van der Waals surface area contributed by atoms with E-state index < -0.39 is 0 Å². The predicted molar refractivity (Wildman–Crippen MR) is 91.1 cm³/mol. The number of hydrogen-bond acceptors (Lipinski definition) is 5. The van der Waals surface area contributed by atoms with Crippen LogP contribution in [0.1, 0.15) is 29.3 Å². The van der Waals surface area contributed by atoms with Crippen molar-refractivity contribution >= 4 is 17.7 Å². The highest BCUT2D eigenvalue weighted by Crippen LogP contribution is 2.11. The Bertz CT molecular complexity index is 592. The van der Waals surface area contributed by atoms with Crippen molar-refractivity contribution in [1.29, 1.82) is 5.41 Å². The lowest BCUT2D eigenvalue weighted by Gasteiger charge is -2.34. The van der Waals surface area contributed by atoms with Gasteiger partial charge in [0.15, 0.2) is 0 Å². The van der Waals surface area contributed by atoms with Crippen molar-refractivity contribution in [3.8, 4) is 0 Å². The zero-order valence-electron chi connectivity index (χ0n) is 14.0. The van der Waals surface area contributed by atoms with E-state index >= 15 is 0 Å². The summed E-state index contributed by atoms with van der Waals surface area (Å²) in [5.41, 5.74) is 6.62. The molecule has 1 aromatic rings. The van der Waals surface area contributed by atoms with Gasteiger partial charge >= 0.3 is 5.97 Å². The summed E-state index contributed by atoms with van der Waals surface area (Å²) in [5, 5.41) is 7.37. The molecule has 0 aromatic heterocycles. The molecule has 0 unspecified atom stereocenters. The van der Waals surface area contributed by atoms with Crippen molar-refractivity contribution in [2.45, 2.75) is 13.3 Å². The fourth-order valence-corrected chi connectivity index (χ4v) is 2.63. The fraction of sp³-hybridized carbons (Fsp3) is 0.471. The minimum absolute atomic E-state index is 0.00999. The number of nitrogen functional groups attached to an aromatic ring is 1. The van der Waals surface area contributed by atoms with E-state index in [1.165, 1.54) is 0 Å². The Kier molecular flexibility index (Phi) is 6.31. The van der Waals surface area contributed by atoms with Gasteiger partial charge in [-0.25, -0.2) is 0 Å². The molecule has 0 aliphatic carbocycles. The lowest BCUT2D eigenvalue weighted by Crippen LogP contribution is -2.49. The molecule has 7 heteroatoms. The molecule has 1 fully saturated rings. The molecule has 0 spiro atoms. The minimum atomic E-state index is -0.179. The third kappa shape index (κ3) is 4.79. The first kappa shape index (κ1) is 17.9. The maximum atomic E-state index is 12.5. The van der Waals surface area contributed by atoms with Crippen LogP contribution < -0.4 is 5.73 Å². The van der Waals surface area contributed by atoms with Crippen LogP contribution in [0.25, 0.3) is 0 Å². The zero-order valence-corrected chi connectivity index (χ0v) is 14.0. The number of ether oxygens (including phenoxy) is 1. The number of amides is 1. The van der Waals surface area contributed by atoms with Gasteiger partial charge in [-0.2, -0.15) is 0 Å². The van der Waals surface area contributed by atoms with E-state index in [4.69, 9.17) is 15.9 Å². The maximum Gasteiger partial charge on any atom is 0.307 e. The van der Waals surface area contributed by atoms with Crippen LogP contribution in [0.5, 0.6) is 0 Å². The number of benzene rings is 1. The molecule has 1 saturated heterocycles. The second-order valence-corrected chi connectivity index (χ2v) is 5.68. The highest BCUT2D eigenvalue weighted by molar-refractivity contribution is 5.98. The molecule has 7 nitrogen and oxygen atoms in total. The highest BCUT2D eigenvalue weighted by atomic mass is 16.5. The molecule has 1 aliphatic rings. The van der Waals surface area contributed by atoms with Crippen molar-refractivity contribution < 1.29 is 14.3 Å². The molecule has 3 N–H and O–H groups in total. The number of hydrogen-bond donors (Lipinski definition) is 2. The molecule has 1 aliphatic heterocycles. The standard InChI is InChI=1S/C17H24N4O3/c1-2-24-15(22)7-8-20-9-11-21(12-10-20)17(23)14-5-3-13(4-6-14)16(18)19/h3-6H,2,7-12H2,1H3,(H3,18,19). The van der Waals surface area contributed by atoms with Gasteiger partial charge in [0.25, 0.3) is 5.91 Å². The SMILES string of the molecule is CCOC(=O)CCN1CCN(C(=O)c2ccc(C(=N)N)cc2)CC1. The number of esters is 1. The third-order valence-electron chi connectivity index (χ3n) is 4.04. The fourth-order valence-electron chi connectivity index (χ4n) is 2.63. The zero-order chi connectivity index (χ0) is 17.5. The van der Waals surface area contributed by atoms with Crippen LogP contribution >= 0.6 is 0 Å². The number of amidine groups is 1. The maximum absolute atomic E-state index is 12.5. The van der Waals surface area contributed by atoms with E-state index in [0.29, 0.717) is 43.8 Å². The van der Waals surface area contributed by atoms with E-state index in [-0.39, 0.29) is 17.7 Å². The summed E-state index contributed by atoms with van der Waals surface area (Å²) in [7, 11) is 0. The minimum Gasteiger partial charge on any atom is -0.466 e. The van der Waals surface area contributed by atoms with Crippen molar-refractivity contribution in [1.82, 2.24) is 9.80 Å². The molecule has 1 aromatic carbocycles. The van der Waals surface area contributed by atoms with Gasteiger partial charge in [-0.1, -0.05) is 12.1 Å². The second kappa shape index (κ2) is 8.44. The smallest absolute Gasteiger partial charge is 0.307 e.